The highest BCUT2D eigenvalue weighted by Crippen LogP contribution is 2.20. The Balaban J connectivity index is 1.70. The second-order valence-corrected chi connectivity index (χ2v) is 8.79. The maximum Gasteiger partial charge on any atom is 0.218 e. The summed E-state index contributed by atoms with van der Waals surface area (Å²) < 4.78 is 33.3. The lowest BCUT2D eigenvalue weighted by Gasteiger charge is -2.36. The molecule has 2 aromatic carbocycles. The number of hydrogen-bond acceptors (Lipinski definition) is 3. The van der Waals surface area contributed by atoms with E-state index < -0.39 is 10.0 Å². The molecule has 2 unspecified atom stereocenters. The van der Waals surface area contributed by atoms with Crippen LogP contribution in [0.5, 0.6) is 0 Å². The van der Waals surface area contributed by atoms with Crippen LogP contribution in [0.4, 0.5) is 0 Å². The highest BCUT2D eigenvalue weighted by atomic mass is 32.2. The molecule has 25 heavy (non-hydrogen) atoms. The topological polar surface area (TPSA) is 46.6 Å². The maximum absolute atomic E-state index is 12.9. The van der Waals surface area contributed by atoms with Gasteiger partial charge in [-0.25, -0.2) is 8.42 Å². The van der Waals surface area contributed by atoms with E-state index in [-0.39, 0.29) is 18.0 Å². The standard InChI is InChI=1S/C20H25NO3S/c1-16-8-10-19(11-9-16)15-25(22,23)21-13-17(2)24-20(14-21)12-18-6-4-3-5-7-18/h3-11,17,20H,12-15H2,1-2H3. The lowest BCUT2D eigenvalue weighted by molar-refractivity contribution is -0.0529. The van der Waals surface area contributed by atoms with Crippen molar-refractivity contribution in [2.45, 2.75) is 38.2 Å². The Morgan fingerprint density at radius 2 is 1.68 bits per heavy atom. The Morgan fingerprint density at radius 3 is 2.36 bits per heavy atom. The summed E-state index contributed by atoms with van der Waals surface area (Å²) in [5, 5.41) is 0. The molecule has 0 saturated carbocycles. The third-order valence-electron chi connectivity index (χ3n) is 4.46. The quantitative estimate of drug-likeness (QED) is 0.824. The molecule has 1 aliphatic heterocycles. The molecule has 1 aliphatic rings. The van der Waals surface area contributed by atoms with Crippen molar-refractivity contribution in [3.63, 3.8) is 0 Å². The number of aryl methyl sites for hydroxylation is 1. The zero-order valence-corrected chi connectivity index (χ0v) is 15.6. The second-order valence-electron chi connectivity index (χ2n) is 6.82. The summed E-state index contributed by atoms with van der Waals surface area (Å²) in [5.41, 5.74) is 3.12. The summed E-state index contributed by atoms with van der Waals surface area (Å²) in [5.74, 6) is 0.0397. The van der Waals surface area contributed by atoms with E-state index in [0.717, 1.165) is 23.1 Å². The van der Waals surface area contributed by atoms with Gasteiger partial charge in [-0.2, -0.15) is 4.31 Å². The van der Waals surface area contributed by atoms with Crippen molar-refractivity contribution in [1.82, 2.24) is 4.31 Å². The Kier molecular flexibility index (Phi) is 5.57. The molecule has 5 heteroatoms. The minimum atomic E-state index is -3.35. The molecule has 3 rings (SSSR count). The molecule has 2 atom stereocenters. The van der Waals surface area contributed by atoms with Crippen LogP contribution in [0.1, 0.15) is 23.6 Å². The van der Waals surface area contributed by atoms with E-state index in [1.807, 2.05) is 68.4 Å². The Bertz CT molecular complexity index is 787. The molecular weight excluding hydrogens is 334 g/mol. The first-order valence-corrected chi connectivity index (χ1v) is 10.3. The molecule has 0 N–H and O–H groups in total. The van der Waals surface area contributed by atoms with E-state index in [0.29, 0.717) is 13.1 Å². The molecule has 1 heterocycles. The first kappa shape index (κ1) is 18.1. The van der Waals surface area contributed by atoms with E-state index in [9.17, 15) is 8.42 Å². The zero-order chi connectivity index (χ0) is 17.9. The van der Waals surface area contributed by atoms with Crippen molar-refractivity contribution < 1.29 is 13.2 Å². The molecule has 0 aliphatic carbocycles. The monoisotopic (exact) mass is 359 g/mol. The smallest absolute Gasteiger partial charge is 0.218 e. The minimum absolute atomic E-state index is 0.0397. The molecule has 0 amide bonds. The third-order valence-corrected chi connectivity index (χ3v) is 6.25. The summed E-state index contributed by atoms with van der Waals surface area (Å²) in [7, 11) is -3.35. The van der Waals surface area contributed by atoms with Gasteiger partial charge < -0.3 is 4.74 Å². The van der Waals surface area contributed by atoms with Crippen molar-refractivity contribution in [2.75, 3.05) is 13.1 Å². The van der Waals surface area contributed by atoms with E-state index in [4.69, 9.17) is 4.74 Å². The van der Waals surface area contributed by atoms with Gasteiger partial charge in [-0.1, -0.05) is 60.2 Å². The van der Waals surface area contributed by atoms with Gasteiger partial charge in [-0.15, -0.1) is 0 Å². The molecule has 1 fully saturated rings. The highest BCUT2D eigenvalue weighted by Gasteiger charge is 2.32. The van der Waals surface area contributed by atoms with Crippen LogP contribution in [0.3, 0.4) is 0 Å². The number of rotatable bonds is 5. The molecule has 4 nitrogen and oxygen atoms in total. The number of morpholine rings is 1. The highest BCUT2D eigenvalue weighted by molar-refractivity contribution is 7.88. The SMILES string of the molecule is Cc1ccc(CS(=O)(=O)N2CC(C)OC(Cc3ccccc3)C2)cc1. The predicted octanol–water partition coefficient (Wildman–Crippen LogP) is 3.16. The minimum Gasteiger partial charge on any atom is -0.372 e. The van der Waals surface area contributed by atoms with Crippen LogP contribution >= 0.6 is 0 Å². The number of nitrogens with zero attached hydrogens (tertiary/aromatic N) is 1. The third kappa shape index (κ3) is 4.91. The first-order chi connectivity index (χ1) is 11.9. The van der Waals surface area contributed by atoms with Crippen molar-refractivity contribution in [3.8, 4) is 0 Å². The normalized spacial score (nSPS) is 22.0. The summed E-state index contributed by atoms with van der Waals surface area (Å²) >= 11 is 0. The Hall–Kier alpha value is -1.69. The van der Waals surface area contributed by atoms with E-state index >= 15 is 0 Å². The van der Waals surface area contributed by atoms with Gasteiger partial charge in [-0.05, 0) is 31.4 Å². The van der Waals surface area contributed by atoms with Gasteiger partial charge in [-0.3, -0.25) is 0 Å². The van der Waals surface area contributed by atoms with E-state index in [1.54, 1.807) is 4.31 Å². The zero-order valence-electron chi connectivity index (χ0n) is 14.8. The largest absolute Gasteiger partial charge is 0.372 e. The maximum atomic E-state index is 12.9. The van der Waals surface area contributed by atoms with Gasteiger partial charge in [0.05, 0.1) is 18.0 Å². The van der Waals surface area contributed by atoms with Crippen molar-refractivity contribution >= 4 is 10.0 Å². The fourth-order valence-electron chi connectivity index (χ4n) is 3.21. The molecule has 0 bridgehead atoms. The molecule has 0 aromatic heterocycles. The van der Waals surface area contributed by atoms with Crippen molar-refractivity contribution in [2.24, 2.45) is 0 Å². The van der Waals surface area contributed by atoms with Gasteiger partial charge in [0.2, 0.25) is 10.0 Å². The van der Waals surface area contributed by atoms with Crippen molar-refractivity contribution in [3.05, 3.63) is 71.3 Å². The van der Waals surface area contributed by atoms with Crippen LogP contribution in [-0.2, 0) is 26.9 Å². The van der Waals surface area contributed by atoms with Crippen LogP contribution in [0, 0.1) is 6.92 Å². The average molecular weight is 359 g/mol. The van der Waals surface area contributed by atoms with Gasteiger partial charge >= 0.3 is 0 Å². The van der Waals surface area contributed by atoms with Gasteiger partial charge in [0.15, 0.2) is 0 Å². The Labute approximate surface area is 150 Å². The summed E-state index contributed by atoms with van der Waals surface area (Å²) in [6.45, 7) is 4.76. The van der Waals surface area contributed by atoms with Crippen LogP contribution in [0.2, 0.25) is 0 Å². The number of benzene rings is 2. The van der Waals surface area contributed by atoms with E-state index in [1.165, 1.54) is 0 Å². The van der Waals surface area contributed by atoms with Gasteiger partial charge in [0.1, 0.15) is 0 Å². The molecule has 1 saturated heterocycles. The van der Waals surface area contributed by atoms with E-state index in [2.05, 4.69) is 0 Å². The molecular formula is C20H25NO3S. The summed E-state index contributed by atoms with van der Waals surface area (Å²) in [6.07, 6.45) is 0.510. The number of sulfonamides is 1. The lowest BCUT2D eigenvalue weighted by atomic mass is 10.1. The Morgan fingerprint density at radius 1 is 1.00 bits per heavy atom. The van der Waals surface area contributed by atoms with Crippen LogP contribution in [0.15, 0.2) is 54.6 Å². The second kappa shape index (κ2) is 7.68. The molecule has 0 radical (unpaired) electrons. The lowest BCUT2D eigenvalue weighted by Crippen LogP contribution is -2.50. The number of ether oxygens (including phenoxy) is 1. The fraction of sp³-hybridized carbons (Fsp3) is 0.400. The fourth-order valence-corrected chi connectivity index (χ4v) is 4.83. The van der Waals surface area contributed by atoms with Crippen molar-refractivity contribution in [1.29, 1.82) is 0 Å². The average Bonchev–Trinajstić information content (AvgIpc) is 2.57. The predicted molar refractivity (Wildman–Crippen MR) is 99.9 cm³/mol. The first-order valence-electron chi connectivity index (χ1n) is 8.65. The molecule has 2 aromatic rings. The molecule has 0 spiro atoms. The van der Waals surface area contributed by atoms with Crippen LogP contribution < -0.4 is 0 Å². The number of hydrogen-bond donors (Lipinski definition) is 0. The van der Waals surface area contributed by atoms with Gasteiger partial charge in [0.25, 0.3) is 0 Å². The molecule has 134 valence electrons. The summed E-state index contributed by atoms with van der Waals surface area (Å²) in [6, 6.07) is 17.7. The summed E-state index contributed by atoms with van der Waals surface area (Å²) in [4.78, 5) is 0. The van der Waals surface area contributed by atoms with Crippen LogP contribution in [-0.4, -0.2) is 38.0 Å². The van der Waals surface area contributed by atoms with Gasteiger partial charge in [0, 0.05) is 13.1 Å². The van der Waals surface area contributed by atoms with Crippen LogP contribution in [0.25, 0.3) is 0 Å².